The second kappa shape index (κ2) is 4.52. The highest BCUT2D eigenvalue weighted by Gasteiger charge is 2.15. The van der Waals surface area contributed by atoms with E-state index in [4.69, 9.17) is 0 Å². The number of nitrogens with one attached hydrogen (secondary N) is 2. The minimum Gasteiger partial charge on any atom is -0.307 e. The molecule has 5 nitrogen and oxygen atoms in total. The molecule has 2 heterocycles. The predicted molar refractivity (Wildman–Crippen MR) is 53.7 cm³/mol. The lowest BCUT2D eigenvalue weighted by Gasteiger charge is -2.29. The lowest BCUT2D eigenvalue weighted by atomic mass is 10.1. The smallest absolute Gasteiger partial charge is 0.138 e. The molecule has 0 saturated carbocycles. The van der Waals surface area contributed by atoms with E-state index in [1.165, 1.54) is 25.9 Å². The Morgan fingerprint density at radius 2 is 2.36 bits per heavy atom. The van der Waals surface area contributed by atoms with Crippen molar-refractivity contribution in [1.29, 1.82) is 0 Å². The van der Waals surface area contributed by atoms with Crippen LogP contribution in [-0.4, -0.2) is 46.3 Å². The minimum absolute atomic E-state index is 0.635. The van der Waals surface area contributed by atoms with Crippen molar-refractivity contribution in [2.24, 2.45) is 0 Å². The quantitative estimate of drug-likeness (QED) is 0.712. The molecular formula is C9H17N5. The van der Waals surface area contributed by atoms with E-state index in [0.29, 0.717) is 6.04 Å². The van der Waals surface area contributed by atoms with E-state index in [1.807, 2.05) is 0 Å². The van der Waals surface area contributed by atoms with Gasteiger partial charge in [-0.3, -0.25) is 5.10 Å². The maximum atomic E-state index is 4.08. The van der Waals surface area contributed by atoms with Crippen molar-refractivity contribution in [3.05, 3.63) is 12.2 Å². The summed E-state index contributed by atoms with van der Waals surface area (Å²) in [5.74, 6) is 0.920. The van der Waals surface area contributed by atoms with Crippen molar-refractivity contribution in [3.63, 3.8) is 0 Å². The van der Waals surface area contributed by atoms with Crippen molar-refractivity contribution in [3.8, 4) is 0 Å². The summed E-state index contributed by atoms with van der Waals surface area (Å²) >= 11 is 0. The third kappa shape index (κ3) is 2.52. The standard InChI is InChI=1S/C9H17N5/c1-14-4-2-8(3-5-14)10-6-9-11-7-12-13-9/h7-8,10H,2-6H2,1H3,(H,11,12,13). The summed E-state index contributed by atoms with van der Waals surface area (Å²) in [5, 5.41) is 10.1. The fourth-order valence-electron chi connectivity index (χ4n) is 1.77. The Bertz CT molecular complexity index is 250. The summed E-state index contributed by atoms with van der Waals surface area (Å²) in [4.78, 5) is 6.44. The van der Waals surface area contributed by atoms with E-state index < -0.39 is 0 Å². The van der Waals surface area contributed by atoms with Crippen molar-refractivity contribution >= 4 is 0 Å². The van der Waals surface area contributed by atoms with Gasteiger partial charge in [-0.1, -0.05) is 0 Å². The highest BCUT2D eigenvalue weighted by molar-refractivity contribution is 4.82. The van der Waals surface area contributed by atoms with Crippen LogP contribution >= 0.6 is 0 Å². The first-order valence-corrected chi connectivity index (χ1v) is 5.11. The molecule has 1 aliphatic heterocycles. The van der Waals surface area contributed by atoms with Crippen LogP contribution in [0.2, 0.25) is 0 Å². The van der Waals surface area contributed by atoms with Crippen LogP contribution in [0.25, 0.3) is 0 Å². The highest BCUT2D eigenvalue weighted by atomic mass is 15.2. The molecule has 0 aliphatic carbocycles. The maximum Gasteiger partial charge on any atom is 0.138 e. The second-order valence-electron chi connectivity index (χ2n) is 3.89. The average Bonchev–Trinajstić information content (AvgIpc) is 2.70. The molecule has 1 aromatic rings. The largest absolute Gasteiger partial charge is 0.307 e. The van der Waals surface area contributed by atoms with Crippen molar-refractivity contribution in [2.45, 2.75) is 25.4 Å². The lowest BCUT2D eigenvalue weighted by molar-refractivity contribution is 0.233. The van der Waals surface area contributed by atoms with Crippen molar-refractivity contribution in [2.75, 3.05) is 20.1 Å². The molecule has 0 atom stereocenters. The van der Waals surface area contributed by atoms with Crippen molar-refractivity contribution in [1.82, 2.24) is 25.4 Å². The van der Waals surface area contributed by atoms with E-state index in [2.05, 4.69) is 32.4 Å². The van der Waals surface area contributed by atoms with Crippen LogP contribution in [0, 0.1) is 0 Å². The molecule has 0 bridgehead atoms. The number of H-pyrrole nitrogens is 1. The monoisotopic (exact) mass is 195 g/mol. The van der Waals surface area contributed by atoms with Crippen molar-refractivity contribution < 1.29 is 0 Å². The summed E-state index contributed by atoms with van der Waals surface area (Å²) in [6, 6.07) is 0.635. The van der Waals surface area contributed by atoms with Gasteiger partial charge in [0.05, 0.1) is 6.54 Å². The Labute approximate surface area is 83.9 Å². The van der Waals surface area contributed by atoms with Crippen LogP contribution in [0.1, 0.15) is 18.7 Å². The second-order valence-corrected chi connectivity index (χ2v) is 3.89. The van der Waals surface area contributed by atoms with Crippen LogP contribution in [0.3, 0.4) is 0 Å². The molecule has 14 heavy (non-hydrogen) atoms. The van der Waals surface area contributed by atoms with Gasteiger partial charge in [-0.15, -0.1) is 0 Å². The predicted octanol–water partition coefficient (Wildman–Crippen LogP) is -0.0115. The lowest BCUT2D eigenvalue weighted by Crippen LogP contribution is -2.40. The average molecular weight is 195 g/mol. The van der Waals surface area contributed by atoms with E-state index in [0.717, 1.165) is 12.4 Å². The van der Waals surface area contributed by atoms with Gasteiger partial charge in [0.15, 0.2) is 0 Å². The minimum atomic E-state index is 0.635. The van der Waals surface area contributed by atoms with Crippen LogP contribution in [-0.2, 0) is 6.54 Å². The van der Waals surface area contributed by atoms with Gasteiger partial charge in [0.25, 0.3) is 0 Å². The molecule has 2 N–H and O–H groups in total. The summed E-state index contributed by atoms with van der Waals surface area (Å²) in [7, 11) is 2.17. The number of likely N-dealkylation sites (tertiary alicyclic amines) is 1. The maximum absolute atomic E-state index is 4.08. The molecule has 0 amide bonds. The van der Waals surface area contributed by atoms with E-state index in [1.54, 1.807) is 6.33 Å². The van der Waals surface area contributed by atoms with Gasteiger partial charge < -0.3 is 10.2 Å². The number of aromatic nitrogens is 3. The van der Waals surface area contributed by atoms with Crippen LogP contribution in [0.5, 0.6) is 0 Å². The molecule has 1 aliphatic rings. The van der Waals surface area contributed by atoms with Gasteiger partial charge >= 0.3 is 0 Å². The summed E-state index contributed by atoms with van der Waals surface area (Å²) in [5.41, 5.74) is 0. The third-order valence-electron chi connectivity index (χ3n) is 2.74. The molecule has 0 radical (unpaired) electrons. The van der Waals surface area contributed by atoms with E-state index in [9.17, 15) is 0 Å². The van der Waals surface area contributed by atoms with Crippen LogP contribution < -0.4 is 5.32 Å². The Morgan fingerprint density at radius 1 is 1.57 bits per heavy atom. The van der Waals surface area contributed by atoms with Gasteiger partial charge in [0.2, 0.25) is 0 Å². The topological polar surface area (TPSA) is 56.8 Å². The number of aromatic amines is 1. The molecule has 2 rings (SSSR count). The Balaban J connectivity index is 1.71. The first kappa shape index (κ1) is 9.61. The van der Waals surface area contributed by atoms with Gasteiger partial charge in [-0.2, -0.15) is 5.10 Å². The van der Waals surface area contributed by atoms with E-state index >= 15 is 0 Å². The number of hydrogen-bond acceptors (Lipinski definition) is 4. The zero-order chi connectivity index (χ0) is 9.80. The fraction of sp³-hybridized carbons (Fsp3) is 0.778. The van der Waals surface area contributed by atoms with Gasteiger partial charge in [0.1, 0.15) is 12.2 Å². The van der Waals surface area contributed by atoms with E-state index in [-0.39, 0.29) is 0 Å². The third-order valence-corrected chi connectivity index (χ3v) is 2.74. The number of piperidine rings is 1. The Kier molecular flexibility index (Phi) is 3.10. The molecule has 0 aromatic carbocycles. The molecule has 5 heteroatoms. The first-order valence-electron chi connectivity index (χ1n) is 5.11. The molecule has 1 aromatic heterocycles. The highest BCUT2D eigenvalue weighted by Crippen LogP contribution is 2.08. The summed E-state index contributed by atoms with van der Waals surface area (Å²) < 4.78 is 0. The SMILES string of the molecule is CN1CCC(NCc2ncn[nH]2)CC1. The number of hydrogen-bond donors (Lipinski definition) is 2. The molecule has 0 unspecified atom stereocenters. The van der Waals surface area contributed by atoms with Crippen LogP contribution in [0.4, 0.5) is 0 Å². The molecule has 0 spiro atoms. The van der Waals surface area contributed by atoms with Gasteiger partial charge in [-0.05, 0) is 33.0 Å². The number of rotatable bonds is 3. The van der Waals surface area contributed by atoms with Gasteiger partial charge in [-0.25, -0.2) is 4.98 Å². The van der Waals surface area contributed by atoms with Crippen LogP contribution in [0.15, 0.2) is 6.33 Å². The molecular weight excluding hydrogens is 178 g/mol. The van der Waals surface area contributed by atoms with Gasteiger partial charge in [0, 0.05) is 6.04 Å². The normalized spacial score (nSPS) is 20.1. The molecule has 1 saturated heterocycles. The first-order chi connectivity index (χ1) is 6.84. The Hall–Kier alpha value is -0.940. The Morgan fingerprint density at radius 3 is 3.00 bits per heavy atom. The fourth-order valence-corrected chi connectivity index (χ4v) is 1.77. The number of nitrogens with zero attached hydrogens (tertiary/aromatic N) is 3. The molecule has 1 fully saturated rings. The summed E-state index contributed by atoms with van der Waals surface area (Å²) in [6.07, 6.45) is 4.00. The summed E-state index contributed by atoms with van der Waals surface area (Å²) in [6.45, 7) is 3.18. The molecule has 78 valence electrons. The zero-order valence-corrected chi connectivity index (χ0v) is 8.53. The zero-order valence-electron chi connectivity index (χ0n) is 8.53.